The van der Waals surface area contributed by atoms with E-state index >= 15 is 0 Å². The van der Waals surface area contributed by atoms with Crippen LogP contribution in [-0.2, 0) is 16.0 Å². The Morgan fingerprint density at radius 3 is 2.89 bits per heavy atom. The van der Waals surface area contributed by atoms with Gasteiger partial charge in [0.1, 0.15) is 0 Å². The van der Waals surface area contributed by atoms with Crippen molar-refractivity contribution in [2.75, 3.05) is 26.0 Å². The number of hydrogen-bond acceptors (Lipinski definition) is 5. The van der Waals surface area contributed by atoms with E-state index in [-0.39, 0.29) is 12.0 Å². The van der Waals surface area contributed by atoms with Gasteiger partial charge in [-0.1, -0.05) is 0 Å². The molecule has 19 heavy (non-hydrogen) atoms. The zero-order valence-corrected chi connectivity index (χ0v) is 12.2. The molecule has 1 rings (SSSR count). The van der Waals surface area contributed by atoms with Gasteiger partial charge in [0, 0.05) is 25.4 Å². The van der Waals surface area contributed by atoms with E-state index in [4.69, 9.17) is 0 Å². The number of carbonyl (C=O) groups excluding carboxylic acids is 2. The molecule has 0 fully saturated rings. The van der Waals surface area contributed by atoms with Gasteiger partial charge in [-0.2, -0.15) is 0 Å². The van der Waals surface area contributed by atoms with Crippen molar-refractivity contribution in [3.8, 4) is 0 Å². The molecular weight excluding hydrogens is 266 g/mol. The fourth-order valence-electron chi connectivity index (χ4n) is 1.33. The number of anilines is 1. The van der Waals surface area contributed by atoms with Gasteiger partial charge in [-0.05, 0) is 19.8 Å². The number of esters is 1. The molecule has 0 aliphatic carbocycles. The number of methoxy groups -OCH3 is 1. The fraction of sp³-hybridized carbons (Fsp3) is 0.583. The van der Waals surface area contributed by atoms with Gasteiger partial charge in [-0.3, -0.25) is 10.1 Å². The van der Waals surface area contributed by atoms with Crippen LogP contribution in [0.4, 0.5) is 9.93 Å². The first kappa shape index (κ1) is 15.4. The van der Waals surface area contributed by atoms with E-state index in [0.717, 1.165) is 5.69 Å². The summed E-state index contributed by atoms with van der Waals surface area (Å²) in [6, 6.07) is -0.169. The van der Waals surface area contributed by atoms with Crippen molar-refractivity contribution in [3.63, 3.8) is 0 Å². The second-order valence-electron chi connectivity index (χ2n) is 4.02. The van der Waals surface area contributed by atoms with Crippen LogP contribution >= 0.6 is 11.3 Å². The van der Waals surface area contributed by atoms with Gasteiger partial charge < -0.3 is 9.64 Å². The predicted molar refractivity (Wildman–Crippen MR) is 74.4 cm³/mol. The summed E-state index contributed by atoms with van der Waals surface area (Å²) in [5.74, 6) is -0.215. The number of amides is 2. The molecule has 0 aliphatic rings. The highest BCUT2D eigenvalue weighted by Gasteiger charge is 2.09. The first-order valence-electron chi connectivity index (χ1n) is 6.10. The zero-order chi connectivity index (χ0) is 14.3. The molecule has 0 atom stereocenters. The average molecular weight is 285 g/mol. The predicted octanol–water partition coefficient (Wildman–Crippen LogP) is 2.12. The van der Waals surface area contributed by atoms with E-state index < -0.39 is 0 Å². The lowest BCUT2D eigenvalue weighted by Crippen LogP contribution is -2.30. The smallest absolute Gasteiger partial charge is 0.323 e. The molecule has 0 radical (unpaired) electrons. The first-order valence-corrected chi connectivity index (χ1v) is 6.98. The van der Waals surface area contributed by atoms with Crippen molar-refractivity contribution in [3.05, 3.63) is 11.1 Å². The molecule has 0 saturated carbocycles. The van der Waals surface area contributed by atoms with Crippen LogP contribution in [0.15, 0.2) is 5.38 Å². The number of carbonyl (C=O) groups is 2. The number of thiazole rings is 1. The Morgan fingerprint density at radius 1 is 1.53 bits per heavy atom. The molecule has 0 aromatic carbocycles. The largest absolute Gasteiger partial charge is 0.469 e. The minimum absolute atomic E-state index is 0.169. The Hall–Kier alpha value is -1.63. The number of nitrogens with zero attached hydrogens (tertiary/aromatic N) is 2. The lowest BCUT2D eigenvalue weighted by atomic mass is 10.2. The minimum atomic E-state index is -0.215. The van der Waals surface area contributed by atoms with Crippen LogP contribution in [0.5, 0.6) is 0 Å². The first-order chi connectivity index (χ1) is 9.06. The second kappa shape index (κ2) is 7.73. The SMILES string of the molecule is CCN(C)C(=O)Nc1nc(CCCC(=O)OC)cs1. The molecule has 0 saturated heterocycles. The summed E-state index contributed by atoms with van der Waals surface area (Å²) in [6.45, 7) is 2.54. The van der Waals surface area contributed by atoms with Crippen molar-refractivity contribution in [1.82, 2.24) is 9.88 Å². The maximum Gasteiger partial charge on any atom is 0.323 e. The third kappa shape index (κ3) is 5.25. The Morgan fingerprint density at radius 2 is 2.26 bits per heavy atom. The molecule has 0 spiro atoms. The number of nitrogens with one attached hydrogen (secondary N) is 1. The van der Waals surface area contributed by atoms with Crippen molar-refractivity contribution >= 4 is 28.5 Å². The molecule has 7 heteroatoms. The molecule has 1 aromatic heterocycles. The van der Waals surface area contributed by atoms with E-state index in [2.05, 4.69) is 15.0 Å². The summed E-state index contributed by atoms with van der Waals surface area (Å²) in [6.07, 6.45) is 1.78. The third-order valence-electron chi connectivity index (χ3n) is 2.63. The summed E-state index contributed by atoms with van der Waals surface area (Å²) < 4.78 is 4.57. The van der Waals surface area contributed by atoms with Gasteiger partial charge in [0.2, 0.25) is 0 Å². The molecule has 1 aromatic rings. The number of hydrogen-bond donors (Lipinski definition) is 1. The second-order valence-corrected chi connectivity index (χ2v) is 4.88. The molecule has 0 unspecified atom stereocenters. The van der Waals surface area contributed by atoms with Gasteiger partial charge in [-0.15, -0.1) is 11.3 Å². The van der Waals surface area contributed by atoms with E-state index in [0.29, 0.717) is 30.9 Å². The number of aryl methyl sites for hydroxylation is 1. The monoisotopic (exact) mass is 285 g/mol. The minimum Gasteiger partial charge on any atom is -0.469 e. The van der Waals surface area contributed by atoms with Crippen LogP contribution in [0.3, 0.4) is 0 Å². The number of ether oxygens (including phenoxy) is 1. The summed E-state index contributed by atoms with van der Waals surface area (Å²) in [5, 5.41) is 5.20. The van der Waals surface area contributed by atoms with Gasteiger partial charge in [0.25, 0.3) is 0 Å². The molecule has 1 N–H and O–H groups in total. The summed E-state index contributed by atoms with van der Waals surface area (Å²) in [4.78, 5) is 28.4. The van der Waals surface area contributed by atoms with Gasteiger partial charge in [0.05, 0.1) is 12.8 Å². The van der Waals surface area contributed by atoms with Crippen LogP contribution in [0.25, 0.3) is 0 Å². The van der Waals surface area contributed by atoms with Crippen molar-refractivity contribution in [2.45, 2.75) is 26.2 Å². The van der Waals surface area contributed by atoms with Crippen LogP contribution in [-0.4, -0.2) is 42.6 Å². The number of rotatable bonds is 6. The number of urea groups is 1. The summed E-state index contributed by atoms with van der Waals surface area (Å²) in [7, 11) is 3.10. The number of aromatic nitrogens is 1. The lowest BCUT2D eigenvalue weighted by molar-refractivity contribution is -0.140. The van der Waals surface area contributed by atoms with E-state index in [1.54, 1.807) is 11.9 Å². The highest BCUT2D eigenvalue weighted by molar-refractivity contribution is 7.13. The van der Waals surface area contributed by atoms with E-state index in [9.17, 15) is 9.59 Å². The quantitative estimate of drug-likeness (QED) is 0.813. The standard InChI is InChI=1S/C12H19N3O3S/c1-4-15(2)12(17)14-11-13-9(8-19-11)6-5-7-10(16)18-3/h8H,4-7H2,1-3H3,(H,13,14,17). The Bertz CT molecular complexity index is 434. The van der Waals surface area contributed by atoms with Gasteiger partial charge in [0.15, 0.2) is 5.13 Å². The zero-order valence-electron chi connectivity index (χ0n) is 11.4. The molecular formula is C12H19N3O3S. The summed E-state index contributed by atoms with van der Waals surface area (Å²) >= 11 is 1.38. The lowest BCUT2D eigenvalue weighted by Gasteiger charge is -2.13. The normalized spacial score (nSPS) is 10.1. The highest BCUT2D eigenvalue weighted by Crippen LogP contribution is 2.17. The molecule has 1 heterocycles. The molecule has 0 aliphatic heterocycles. The van der Waals surface area contributed by atoms with E-state index in [1.807, 2.05) is 12.3 Å². The van der Waals surface area contributed by atoms with Crippen molar-refractivity contribution < 1.29 is 14.3 Å². The maximum absolute atomic E-state index is 11.6. The van der Waals surface area contributed by atoms with E-state index in [1.165, 1.54) is 18.4 Å². The molecule has 106 valence electrons. The van der Waals surface area contributed by atoms with Crippen molar-refractivity contribution in [1.29, 1.82) is 0 Å². The Labute approximate surface area is 116 Å². The summed E-state index contributed by atoms with van der Waals surface area (Å²) in [5.41, 5.74) is 0.878. The van der Waals surface area contributed by atoms with Crippen molar-refractivity contribution in [2.24, 2.45) is 0 Å². The van der Waals surface area contributed by atoms with Gasteiger partial charge >= 0.3 is 12.0 Å². The van der Waals surface area contributed by atoms with Gasteiger partial charge in [-0.25, -0.2) is 9.78 Å². The molecule has 2 amide bonds. The fourth-order valence-corrected chi connectivity index (χ4v) is 2.06. The Kier molecular flexibility index (Phi) is 6.27. The average Bonchev–Trinajstić information content (AvgIpc) is 2.84. The molecule has 0 bridgehead atoms. The van der Waals surface area contributed by atoms with Crippen LogP contribution in [0, 0.1) is 0 Å². The molecule has 6 nitrogen and oxygen atoms in total. The van der Waals surface area contributed by atoms with Crippen LogP contribution < -0.4 is 5.32 Å². The van der Waals surface area contributed by atoms with Crippen LogP contribution in [0.1, 0.15) is 25.5 Å². The maximum atomic E-state index is 11.6. The van der Waals surface area contributed by atoms with Crippen LogP contribution in [0.2, 0.25) is 0 Å². The topological polar surface area (TPSA) is 71.5 Å². The third-order valence-corrected chi connectivity index (χ3v) is 3.43. The Balaban J connectivity index is 2.40. The highest BCUT2D eigenvalue weighted by atomic mass is 32.1.